The Hall–Kier alpha value is -1.91. The molecule has 106 valence electrons. The summed E-state index contributed by atoms with van der Waals surface area (Å²) in [6.45, 7) is 1.57. The first-order valence-electron chi connectivity index (χ1n) is 6.25. The van der Waals surface area contributed by atoms with Gasteiger partial charge in [-0.3, -0.25) is 4.79 Å². The summed E-state index contributed by atoms with van der Waals surface area (Å²) >= 11 is 0. The van der Waals surface area contributed by atoms with E-state index in [1.54, 1.807) is 6.92 Å². The van der Waals surface area contributed by atoms with Crippen LogP contribution < -0.4 is 10.0 Å². The quantitative estimate of drug-likeness (QED) is 0.837. The predicted octanol–water partition coefficient (Wildman–Crippen LogP) is 0.769. The van der Waals surface area contributed by atoms with Crippen LogP contribution in [0, 0.1) is 11.3 Å². The van der Waals surface area contributed by atoms with E-state index in [-0.39, 0.29) is 10.9 Å². The third-order valence-corrected chi connectivity index (χ3v) is 4.40. The van der Waals surface area contributed by atoms with Gasteiger partial charge in [-0.1, -0.05) is 0 Å². The molecule has 2 rings (SSSR count). The highest BCUT2D eigenvalue weighted by Gasteiger charge is 2.27. The molecule has 1 atom stereocenters. The molecule has 1 fully saturated rings. The Balaban J connectivity index is 2.09. The summed E-state index contributed by atoms with van der Waals surface area (Å²) in [5.74, 6) is -0.404. The van der Waals surface area contributed by atoms with Crippen LogP contribution >= 0.6 is 0 Å². The normalized spacial score (nSPS) is 16.2. The van der Waals surface area contributed by atoms with E-state index in [1.165, 1.54) is 24.3 Å². The Labute approximate surface area is 117 Å². The monoisotopic (exact) mass is 293 g/mol. The van der Waals surface area contributed by atoms with E-state index in [0.29, 0.717) is 5.56 Å². The molecule has 6 nitrogen and oxygen atoms in total. The summed E-state index contributed by atoms with van der Waals surface area (Å²) in [4.78, 5) is 11.9. The number of nitrogens with zero attached hydrogens (tertiary/aromatic N) is 1. The van der Waals surface area contributed by atoms with Crippen molar-refractivity contribution in [3.8, 4) is 6.07 Å². The Bertz CT molecular complexity index is 642. The zero-order chi connectivity index (χ0) is 14.8. The van der Waals surface area contributed by atoms with Gasteiger partial charge in [0.1, 0.15) is 6.04 Å². The fraction of sp³-hybridized carbons (Fsp3) is 0.385. The van der Waals surface area contributed by atoms with Crippen molar-refractivity contribution >= 4 is 15.9 Å². The number of sulfonamides is 1. The standard InChI is InChI=1S/C13H15N3O3S/c1-9(8-14)15-13(17)10-2-6-12(7-3-10)20(18,19)16-11-4-5-11/h2-3,6-7,9,11,16H,4-5H2,1H3,(H,15,17)/t9-/m1/s1. The molecule has 0 aliphatic heterocycles. The van der Waals surface area contributed by atoms with E-state index in [9.17, 15) is 13.2 Å². The maximum atomic E-state index is 11.9. The van der Waals surface area contributed by atoms with E-state index in [4.69, 9.17) is 5.26 Å². The van der Waals surface area contributed by atoms with Gasteiger partial charge in [-0.25, -0.2) is 13.1 Å². The van der Waals surface area contributed by atoms with Crippen molar-refractivity contribution in [3.63, 3.8) is 0 Å². The minimum Gasteiger partial charge on any atom is -0.337 e. The van der Waals surface area contributed by atoms with Gasteiger partial charge in [-0.2, -0.15) is 5.26 Å². The lowest BCUT2D eigenvalue weighted by atomic mass is 10.2. The lowest BCUT2D eigenvalue weighted by molar-refractivity contribution is 0.0947. The molecule has 2 N–H and O–H groups in total. The number of carbonyl (C=O) groups excluding carboxylic acids is 1. The van der Waals surface area contributed by atoms with Crippen molar-refractivity contribution in [2.45, 2.75) is 36.7 Å². The Morgan fingerprint density at radius 3 is 2.45 bits per heavy atom. The van der Waals surface area contributed by atoms with Crippen molar-refractivity contribution in [1.29, 1.82) is 5.26 Å². The van der Waals surface area contributed by atoms with Crippen LogP contribution in [0.25, 0.3) is 0 Å². The van der Waals surface area contributed by atoms with Gasteiger partial charge < -0.3 is 5.32 Å². The molecule has 0 aromatic heterocycles. The molecular weight excluding hydrogens is 278 g/mol. The molecule has 0 saturated heterocycles. The average Bonchev–Trinajstić information content (AvgIpc) is 3.22. The fourth-order valence-corrected chi connectivity index (χ4v) is 2.89. The Morgan fingerprint density at radius 1 is 1.35 bits per heavy atom. The molecule has 1 aromatic rings. The number of nitrogens with one attached hydrogen (secondary N) is 2. The van der Waals surface area contributed by atoms with Crippen molar-refractivity contribution in [3.05, 3.63) is 29.8 Å². The molecule has 1 aliphatic rings. The van der Waals surface area contributed by atoms with Gasteiger partial charge in [0.2, 0.25) is 10.0 Å². The topological polar surface area (TPSA) is 99.1 Å². The second-order valence-electron chi connectivity index (χ2n) is 4.74. The number of rotatable bonds is 5. The molecule has 1 aliphatic carbocycles. The van der Waals surface area contributed by atoms with Gasteiger partial charge in [0.05, 0.1) is 11.0 Å². The largest absolute Gasteiger partial charge is 0.337 e. The van der Waals surface area contributed by atoms with Gasteiger partial charge in [-0.05, 0) is 44.0 Å². The minimum atomic E-state index is -3.50. The minimum absolute atomic E-state index is 0.0412. The molecule has 0 bridgehead atoms. The first-order chi connectivity index (χ1) is 9.42. The van der Waals surface area contributed by atoms with Gasteiger partial charge in [0.15, 0.2) is 0 Å². The van der Waals surface area contributed by atoms with Crippen molar-refractivity contribution in [2.75, 3.05) is 0 Å². The number of amides is 1. The highest BCUT2D eigenvalue weighted by molar-refractivity contribution is 7.89. The zero-order valence-electron chi connectivity index (χ0n) is 11.0. The smallest absolute Gasteiger partial charge is 0.252 e. The summed E-state index contributed by atoms with van der Waals surface area (Å²) in [7, 11) is -3.50. The summed E-state index contributed by atoms with van der Waals surface area (Å²) in [6.07, 6.45) is 1.73. The number of carbonyl (C=O) groups is 1. The van der Waals surface area contributed by atoms with Gasteiger partial charge in [0.25, 0.3) is 5.91 Å². The predicted molar refractivity (Wildman–Crippen MR) is 72.3 cm³/mol. The summed E-state index contributed by atoms with van der Waals surface area (Å²) in [5.41, 5.74) is 0.317. The summed E-state index contributed by atoms with van der Waals surface area (Å²) < 4.78 is 26.4. The number of hydrogen-bond acceptors (Lipinski definition) is 4. The van der Waals surface area contributed by atoms with Crippen molar-refractivity contribution in [2.24, 2.45) is 0 Å². The molecule has 20 heavy (non-hydrogen) atoms. The van der Waals surface area contributed by atoms with Gasteiger partial charge >= 0.3 is 0 Å². The highest BCUT2D eigenvalue weighted by Crippen LogP contribution is 2.22. The van der Waals surface area contributed by atoms with Gasteiger partial charge in [0, 0.05) is 11.6 Å². The third-order valence-electron chi connectivity index (χ3n) is 2.87. The molecule has 1 aromatic carbocycles. The first kappa shape index (κ1) is 14.5. The maximum absolute atomic E-state index is 11.9. The van der Waals surface area contributed by atoms with Crippen molar-refractivity contribution < 1.29 is 13.2 Å². The molecule has 0 spiro atoms. The highest BCUT2D eigenvalue weighted by atomic mass is 32.2. The van der Waals surface area contributed by atoms with Crippen LogP contribution in [0.1, 0.15) is 30.1 Å². The molecule has 1 saturated carbocycles. The lowest BCUT2D eigenvalue weighted by Crippen LogP contribution is -2.31. The zero-order valence-corrected chi connectivity index (χ0v) is 11.8. The average molecular weight is 293 g/mol. The van der Waals surface area contributed by atoms with E-state index < -0.39 is 22.0 Å². The molecule has 0 heterocycles. The molecule has 0 radical (unpaired) electrons. The second kappa shape index (κ2) is 5.61. The van der Waals surface area contributed by atoms with Crippen LogP contribution in [0.4, 0.5) is 0 Å². The lowest BCUT2D eigenvalue weighted by Gasteiger charge is -2.08. The van der Waals surface area contributed by atoms with Crippen LogP contribution in [-0.2, 0) is 10.0 Å². The van der Waals surface area contributed by atoms with Gasteiger partial charge in [-0.15, -0.1) is 0 Å². The number of nitriles is 1. The SMILES string of the molecule is C[C@H](C#N)NC(=O)c1ccc(S(=O)(=O)NC2CC2)cc1. The summed E-state index contributed by atoms with van der Waals surface area (Å²) in [5, 5.41) is 11.1. The van der Waals surface area contributed by atoms with Crippen LogP contribution in [0.5, 0.6) is 0 Å². The van der Waals surface area contributed by atoms with Crippen molar-refractivity contribution in [1.82, 2.24) is 10.0 Å². The van der Waals surface area contributed by atoms with E-state index in [1.807, 2.05) is 6.07 Å². The van der Waals surface area contributed by atoms with Crippen LogP contribution in [0.3, 0.4) is 0 Å². The van der Waals surface area contributed by atoms with E-state index >= 15 is 0 Å². The molecule has 7 heteroatoms. The van der Waals surface area contributed by atoms with E-state index in [2.05, 4.69) is 10.0 Å². The van der Waals surface area contributed by atoms with Crippen LogP contribution in [0.15, 0.2) is 29.2 Å². The molecular formula is C13H15N3O3S. The number of benzene rings is 1. The Kier molecular flexibility index (Phi) is 4.06. The number of hydrogen-bond donors (Lipinski definition) is 2. The third kappa shape index (κ3) is 3.56. The second-order valence-corrected chi connectivity index (χ2v) is 6.46. The first-order valence-corrected chi connectivity index (χ1v) is 7.73. The summed E-state index contributed by atoms with van der Waals surface area (Å²) in [6, 6.07) is 6.97. The molecule has 1 amide bonds. The Morgan fingerprint density at radius 2 is 1.95 bits per heavy atom. The van der Waals surface area contributed by atoms with Crippen LogP contribution in [0.2, 0.25) is 0 Å². The van der Waals surface area contributed by atoms with Crippen LogP contribution in [-0.4, -0.2) is 26.4 Å². The maximum Gasteiger partial charge on any atom is 0.252 e. The van der Waals surface area contributed by atoms with E-state index in [0.717, 1.165) is 12.8 Å². The molecule has 0 unspecified atom stereocenters. The fourth-order valence-electron chi connectivity index (χ4n) is 1.59.